The summed E-state index contributed by atoms with van der Waals surface area (Å²) >= 11 is 0. The number of hydrogen-bond acceptors (Lipinski definition) is 3. The normalized spacial score (nSPS) is 10.6. The van der Waals surface area contributed by atoms with Gasteiger partial charge in [0.2, 0.25) is 11.2 Å². The van der Waals surface area contributed by atoms with Gasteiger partial charge in [-0.05, 0) is 17.7 Å². The molecule has 20 heavy (non-hydrogen) atoms. The molecule has 3 aromatic rings. The minimum Gasteiger partial charge on any atom is -0.450 e. The van der Waals surface area contributed by atoms with Gasteiger partial charge in [-0.1, -0.05) is 42.5 Å². The molecule has 0 saturated heterocycles. The number of fused-ring (bicyclic) bond motifs is 1. The highest BCUT2D eigenvalue weighted by Gasteiger charge is 2.19. The van der Waals surface area contributed by atoms with E-state index in [9.17, 15) is 9.59 Å². The SMILES string of the molecule is NC(=O)c1oc2ccccc2c(=O)c1-c1ccccc1. The van der Waals surface area contributed by atoms with E-state index in [2.05, 4.69) is 0 Å². The van der Waals surface area contributed by atoms with Crippen LogP contribution in [-0.4, -0.2) is 5.91 Å². The average molecular weight is 265 g/mol. The third-order valence-electron chi connectivity index (χ3n) is 3.08. The molecule has 4 heteroatoms. The zero-order valence-electron chi connectivity index (χ0n) is 10.5. The van der Waals surface area contributed by atoms with Crippen molar-refractivity contribution >= 4 is 16.9 Å². The third kappa shape index (κ3) is 1.87. The van der Waals surface area contributed by atoms with Crippen LogP contribution in [0.4, 0.5) is 0 Å². The minimum atomic E-state index is -0.758. The fraction of sp³-hybridized carbons (Fsp3) is 0. The van der Waals surface area contributed by atoms with Gasteiger partial charge >= 0.3 is 0 Å². The van der Waals surface area contributed by atoms with Crippen LogP contribution < -0.4 is 11.2 Å². The van der Waals surface area contributed by atoms with E-state index in [1.165, 1.54) is 0 Å². The minimum absolute atomic E-state index is 0.111. The van der Waals surface area contributed by atoms with E-state index in [1.807, 2.05) is 6.07 Å². The van der Waals surface area contributed by atoms with Crippen molar-refractivity contribution in [1.29, 1.82) is 0 Å². The first kappa shape index (κ1) is 12.2. The van der Waals surface area contributed by atoms with Crippen LogP contribution in [0, 0.1) is 0 Å². The van der Waals surface area contributed by atoms with Gasteiger partial charge in [0.25, 0.3) is 5.91 Å². The van der Waals surface area contributed by atoms with Crippen LogP contribution in [0.5, 0.6) is 0 Å². The summed E-state index contributed by atoms with van der Waals surface area (Å²) in [6, 6.07) is 15.7. The maximum atomic E-state index is 12.6. The number of carbonyl (C=O) groups excluding carboxylic acids is 1. The predicted molar refractivity (Wildman–Crippen MR) is 76.4 cm³/mol. The van der Waals surface area contributed by atoms with Crippen LogP contribution in [-0.2, 0) is 0 Å². The van der Waals surface area contributed by atoms with Crippen molar-refractivity contribution in [2.75, 3.05) is 0 Å². The van der Waals surface area contributed by atoms with E-state index < -0.39 is 5.91 Å². The Labute approximate surface area is 114 Å². The second-order valence-electron chi connectivity index (χ2n) is 4.36. The second kappa shape index (κ2) is 4.66. The number of benzene rings is 2. The van der Waals surface area contributed by atoms with Crippen LogP contribution in [0.2, 0.25) is 0 Å². The number of primary amides is 1. The Kier molecular flexibility index (Phi) is 2.84. The molecule has 1 heterocycles. The van der Waals surface area contributed by atoms with Gasteiger partial charge in [-0.3, -0.25) is 9.59 Å². The monoisotopic (exact) mass is 265 g/mol. The highest BCUT2D eigenvalue weighted by molar-refractivity contribution is 5.99. The molecule has 0 aliphatic heterocycles. The zero-order valence-corrected chi connectivity index (χ0v) is 10.5. The first-order valence-electron chi connectivity index (χ1n) is 6.09. The largest absolute Gasteiger partial charge is 0.450 e. The maximum absolute atomic E-state index is 12.6. The van der Waals surface area contributed by atoms with Gasteiger partial charge in [0.15, 0.2) is 0 Å². The van der Waals surface area contributed by atoms with Gasteiger partial charge in [0.05, 0.1) is 10.9 Å². The van der Waals surface area contributed by atoms with Crippen molar-refractivity contribution in [3.05, 3.63) is 70.6 Å². The zero-order chi connectivity index (χ0) is 14.1. The maximum Gasteiger partial charge on any atom is 0.285 e. The molecule has 0 bridgehead atoms. The topological polar surface area (TPSA) is 73.3 Å². The van der Waals surface area contributed by atoms with Crippen molar-refractivity contribution in [3.63, 3.8) is 0 Å². The van der Waals surface area contributed by atoms with E-state index in [-0.39, 0.29) is 16.8 Å². The number of amides is 1. The van der Waals surface area contributed by atoms with Gasteiger partial charge in [0, 0.05) is 0 Å². The molecule has 0 atom stereocenters. The van der Waals surface area contributed by atoms with Crippen molar-refractivity contribution in [2.24, 2.45) is 5.73 Å². The molecule has 0 saturated carbocycles. The Hall–Kier alpha value is -2.88. The fourth-order valence-corrected chi connectivity index (χ4v) is 2.18. The molecule has 0 fully saturated rings. The molecular weight excluding hydrogens is 254 g/mol. The van der Waals surface area contributed by atoms with Crippen LogP contribution in [0.3, 0.4) is 0 Å². The Morgan fingerprint density at radius 3 is 2.30 bits per heavy atom. The average Bonchev–Trinajstić information content (AvgIpc) is 2.48. The van der Waals surface area contributed by atoms with E-state index >= 15 is 0 Å². The molecule has 1 aromatic heterocycles. The highest BCUT2D eigenvalue weighted by Crippen LogP contribution is 2.23. The number of nitrogens with two attached hydrogens (primary N) is 1. The Balaban J connectivity index is 2.46. The van der Waals surface area contributed by atoms with E-state index in [0.717, 1.165) is 0 Å². The van der Waals surface area contributed by atoms with Gasteiger partial charge in [-0.15, -0.1) is 0 Å². The van der Waals surface area contributed by atoms with Gasteiger partial charge < -0.3 is 10.2 Å². The molecule has 0 aliphatic rings. The summed E-state index contributed by atoms with van der Waals surface area (Å²) < 4.78 is 5.52. The van der Waals surface area contributed by atoms with Gasteiger partial charge in [0.1, 0.15) is 5.58 Å². The number of hydrogen-bond donors (Lipinski definition) is 1. The molecule has 0 aliphatic carbocycles. The van der Waals surface area contributed by atoms with Crippen molar-refractivity contribution in [3.8, 4) is 11.1 Å². The quantitative estimate of drug-likeness (QED) is 0.773. The van der Waals surface area contributed by atoms with Crippen LogP contribution >= 0.6 is 0 Å². The lowest BCUT2D eigenvalue weighted by atomic mass is 10.0. The molecule has 98 valence electrons. The lowest BCUT2D eigenvalue weighted by molar-refractivity contribution is 0.0975. The molecule has 0 spiro atoms. The molecule has 0 radical (unpaired) electrons. The lowest BCUT2D eigenvalue weighted by Crippen LogP contribution is -2.18. The summed E-state index contributed by atoms with van der Waals surface area (Å²) in [6.45, 7) is 0. The summed E-state index contributed by atoms with van der Waals surface area (Å²) in [7, 11) is 0. The van der Waals surface area contributed by atoms with Crippen LogP contribution in [0.15, 0.2) is 63.8 Å². The molecular formula is C16H11NO3. The predicted octanol–water partition coefficient (Wildman–Crippen LogP) is 2.56. The Bertz CT molecular complexity index is 850. The fourth-order valence-electron chi connectivity index (χ4n) is 2.18. The smallest absolute Gasteiger partial charge is 0.285 e. The van der Waals surface area contributed by atoms with Gasteiger partial charge in [-0.25, -0.2) is 0 Å². The van der Waals surface area contributed by atoms with Crippen molar-refractivity contribution in [1.82, 2.24) is 0 Å². The molecule has 3 rings (SSSR count). The second-order valence-corrected chi connectivity index (χ2v) is 4.36. The van der Waals surface area contributed by atoms with Crippen molar-refractivity contribution in [2.45, 2.75) is 0 Å². The Morgan fingerprint density at radius 1 is 0.950 bits per heavy atom. The summed E-state index contributed by atoms with van der Waals surface area (Å²) in [5.41, 5.74) is 6.25. The lowest BCUT2D eigenvalue weighted by Gasteiger charge is -2.07. The number of para-hydroxylation sites is 1. The molecule has 1 amide bonds. The standard InChI is InChI=1S/C16H11NO3/c17-16(19)15-13(10-6-2-1-3-7-10)14(18)11-8-4-5-9-12(11)20-15/h1-9H,(H2,17,19). The summed E-state index contributed by atoms with van der Waals surface area (Å²) in [5, 5.41) is 0.427. The summed E-state index contributed by atoms with van der Waals surface area (Å²) in [4.78, 5) is 24.2. The summed E-state index contributed by atoms with van der Waals surface area (Å²) in [5.74, 6) is -0.869. The summed E-state index contributed by atoms with van der Waals surface area (Å²) in [6.07, 6.45) is 0. The molecule has 4 nitrogen and oxygen atoms in total. The first-order valence-corrected chi connectivity index (χ1v) is 6.09. The first-order chi connectivity index (χ1) is 9.68. The van der Waals surface area contributed by atoms with Crippen LogP contribution in [0.25, 0.3) is 22.1 Å². The van der Waals surface area contributed by atoms with Crippen molar-refractivity contribution < 1.29 is 9.21 Å². The molecule has 0 unspecified atom stereocenters. The van der Waals surface area contributed by atoms with E-state index in [0.29, 0.717) is 16.5 Å². The van der Waals surface area contributed by atoms with E-state index in [1.54, 1.807) is 48.5 Å². The Morgan fingerprint density at radius 2 is 1.60 bits per heavy atom. The van der Waals surface area contributed by atoms with Gasteiger partial charge in [-0.2, -0.15) is 0 Å². The highest BCUT2D eigenvalue weighted by atomic mass is 16.3. The van der Waals surface area contributed by atoms with Crippen LogP contribution in [0.1, 0.15) is 10.6 Å². The van der Waals surface area contributed by atoms with E-state index in [4.69, 9.17) is 10.2 Å². The third-order valence-corrected chi connectivity index (χ3v) is 3.08. The number of rotatable bonds is 2. The molecule has 2 aromatic carbocycles. The molecule has 2 N–H and O–H groups in total. The number of carbonyl (C=O) groups is 1.